The first-order chi connectivity index (χ1) is 9.33. The van der Waals surface area contributed by atoms with Gasteiger partial charge in [-0.2, -0.15) is 0 Å². The molecule has 1 aromatic heterocycles. The lowest BCUT2D eigenvalue weighted by molar-refractivity contribution is 1.00. The summed E-state index contributed by atoms with van der Waals surface area (Å²) in [5.74, 6) is 0. The zero-order valence-electron chi connectivity index (χ0n) is 10.9. The second kappa shape index (κ2) is 5.41. The molecule has 0 saturated heterocycles. The molecule has 0 spiro atoms. The first kappa shape index (κ1) is 12.2. The molecule has 0 saturated carbocycles. The minimum absolute atomic E-state index is 0.921. The number of nitrogens with zero attached hydrogens (tertiary/aromatic N) is 1. The molecule has 0 radical (unpaired) electrons. The third kappa shape index (κ3) is 2.76. The summed E-state index contributed by atoms with van der Waals surface area (Å²) in [6, 6.07) is 16.8. The molecule has 0 fully saturated rings. The van der Waals surface area contributed by atoms with Crippen LogP contribution in [0.25, 0.3) is 10.2 Å². The van der Waals surface area contributed by atoms with Crippen LogP contribution in [0.15, 0.2) is 48.5 Å². The van der Waals surface area contributed by atoms with Gasteiger partial charge in [-0.3, -0.25) is 0 Å². The summed E-state index contributed by atoms with van der Waals surface area (Å²) in [6.07, 6.45) is 1.03. The monoisotopic (exact) mass is 268 g/mol. The summed E-state index contributed by atoms with van der Waals surface area (Å²) in [7, 11) is 0. The smallest absolute Gasteiger partial charge is 0.183 e. The van der Waals surface area contributed by atoms with Crippen LogP contribution in [-0.4, -0.2) is 11.5 Å². The minimum atomic E-state index is 0.921. The van der Waals surface area contributed by atoms with Crippen molar-refractivity contribution in [3.8, 4) is 0 Å². The van der Waals surface area contributed by atoms with Crippen molar-refractivity contribution < 1.29 is 0 Å². The molecule has 0 aliphatic carbocycles. The summed E-state index contributed by atoms with van der Waals surface area (Å²) in [5, 5.41) is 4.43. The van der Waals surface area contributed by atoms with Gasteiger partial charge >= 0.3 is 0 Å². The largest absolute Gasteiger partial charge is 0.361 e. The van der Waals surface area contributed by atoms with Crippen molar-refractivity contribution in [2.75, 3.05) is 11.9 Å². The highest BCUT2D eigenvalue weighted by Crippen LogP contribution is 2.25. The maximum Gasteiger partial charge on any atom is 0.183 e. The maximum atomic E-state index is 4.57. The number of aromatic nitrogens is 1. The number of benzene rings is 2. The molecule has 0 bridgehead atoms. The molecule has 1 N–H and O–H groups in total. The summed E-state index contributed by atoms with van der Waals surface area (Å²) in [4.78, 5) is 4.57. The van der Waals surface area contributed by atoms with Crippen LogP contribution >= 0.6 is 11.3 Å². The van der Waals surface area contributed by atoms with Crippen molar-refractivity contribution in [2.24, 2.45) is 0 Å². The van der Waals surface area contributed by atoms with E-state index >= 15 is 0 Å². The van der Waals surface area contributed by atoms with E-state index in [0.717, 1.165) is 23.6 Å². The van der Waals surface area contributed by atoms with E-state index in [1.165, 1.54) is 15.8 Å². The van der Waals surface area contributed by atoms with Gasteiger partial charge in [0.15, 0.2) is 5.13 Å². The Morgan fingerprint density at radius 2 is 1.84 bits per heavy atom. The van der Waals surface area contributed by atoms with Crippen molar-refractivity contribution in [3.63, 3.8) is 0 Å². The van der Waals surface area contributed by atoms with Gasteiger partial charge in [-0.15, -0.1) is 0 Å². The fourth-order valence-corrected chi connectivity index (χ4v) is 3.03. The summed E-state index contributed by atoms with van der Waals surface area (Å²) in [5.41, 5.74) is 3.83. The van der Waals surface area contributed by atoms with E-state index in [4.69, 9.17) is 0 Å². The highest BCUT2D eigenvalue weighted by atomic mass is 32.1. The van der Waals surface area contributed by atoms with Crippen LogP contribution in [0.4, 0.5) is 5.13 Å². The zero-order chi connectivity index (χ0) is 13.1. The second-order valence-electron chi connectivity index (χ2n) is 4.59. The quantitative estimate of drug-likeness (QED) is 0.764. The maximum absolute atomic E-state index is 4.57. The van der Waals surface area contributed by atoms with E-state index in [0.29, 0.717) is 0 Å². The normalized spacial score (nSPS) is 10.8. The van der Waals surface area contributed by atoms with Crippen LogP contribution in [0.5, 0.6) is 0 Å². The van der Waals surface area contributed by atoms with Crippen LogP contribution < -0.4 is 5.32 Å². The number of hydrogen-bond donors (Lipinski definition) is 1. The van der Waals surface area contributed by atoms with Crippen LogP contribution in [0.2, 0.25) is 0 Å². The molecule has 2 aromatic carbocycles. The Hall–Kier alpha value is -1.87. The molecule has 19 heavy (non-hydrogen) atoms. The lowest BCUT2D eigenvalue weighted by atomic mass is 10.1. The van der Waals surface area contributed by atoms with E-state index in [9.17, 15) is 0 Å². The van der Waals surface area contributed by atoms with Crippen LogP contribution in [0, 0.1) is 6.92 Å². The molecule has 3 heteroatoms. The van der Waals surface area contributed by atoms with E-state index in [2.05, 4.69) is 59.7 Å². The Balaban J connectivity index is 1.65. The van der Waals surface area contributed by atoms with Gasteiger partial charge in [0.1, 0.15) is 0 Å². The number of para-hydroxylation sites is 1. The Bertz CT molecular complexity index is 655. The second-order valence-corrected chi connectivity index (χ2v) is 5.62. The van der Waals surface area contributed by atoms with Gasteiger partial charge in [-0.05, 0) is 36.6 Å². The molecule has 0 aliphatic rings. The zero-order valence-corrected chi connectivity index (χ0v) is 11.7. The molecular formula is C16H16N2S. The molecule has 0 aliphatic heterocycles. The molecule has 3 rings (SSSR count). The highest BCUT2D eigenvalue weighted by Gasteiger charge is 2.02. The van der Waals surface area contributed by atoms with Crippen LogP contribution in [-0.2, 0) is 6.42 Å². The number of rotatable bonds is 4. The number of anilines is 1. The molecule has 0 unspecified atom stereocenters. The Labute approximate surface area is 117 Å². The van der Waals surface area contributed by atoms with E-state index < -0.39 is 0 Å². The lowest BCUT2D eigenvalue weighted by Crippen LogP contribution is -2.05. The van der Waals surface area contributed by atoms with E-state index in [1.807, 2.05) is 6.07 Å². The van der Waals surface area contributed by atoms with Crippen molar-refractivity contribution in [3.05, 3.63) is 59.7 Å². The van der Waals surface area contributed by atoms with Gasteiger partial charge in [0, 0.05) is 6.54 Å². The third-order valence-corrected chi connectivity index (χ3v) is 4.22. The molecule has 1 heterocycles. The van der Waals surface area contributed by atoms with Gasteiger partial charge in [-0.25, -0.2) is 4.98 Å². The van der Waals surface area contributed by atoms with Crippen LogP contribution in [0.1, 0.15) is 11.1 Å². The molecular weight excluding hydrogens is 252 g/mol. The third-order valence-electron chi connectivity index (χ3n) is 3.23. The predicted molar refractivity (Wildman–Crippen MR) is 83.0 cm³/mol. The molecule has 3 aromatic rings. The molecule has 0 amide bonds. The summed E-state index contributed by atoms with van der Waals surface area (Å²) >= 11 is 1.71. The molecule has 96 valence electrons. The fourth-order valence-electron chi connectivity index (χ4n) is 2.14. The number of hydrogen-bond acceptors (Lipinski definition) is 3. The van der Waals surface area contributed by atoms with E-state index in [-0.39, 0.29) is 0 Å². The average molecular weight is 268 g/mol. The Morgan fingerprint density at radius 1 is 1.05 bits per heavy atom. The number of aryl methyl sites for hydroxylation is 1. The number of nitrogens with one attached hydrogen (secondary N) is 1. The number of thiazole rings is 1. The minimum Gasteiger partial charge on any atom is -0.361 e. The number of fused-ring (bicyclic) bond motifs is 1. The molecule has 2 nitrogen and oxygen atoms in total. The standard InChI is InChI=1S/C16H16N2S/c1-12-6-2-3-7-13(12)10-11-17-16-18-14-8-4-5-9-15(14)19-16/h2-9H,10-11H2,1H3,(H,17,18). The predicted octanol–water partition coefficient (Wildman–Crippen LogP) is 4.26. The van der Waals surface area contributed by atoms with Crippen molar-refractivity contribution >= 4 is 26.7 Å². The van der Waals surface area contributed by atoms with Gasteiger partial charge in [-0.1, -0.05) is 47.7 Å². The highest BCUT2D eigenvalue weighted by molar-refractivity contribution is 7.22. The van der Waals surface area contributed by atoms with Crippen molar-refractivity contribution in [1.82, 2.24) is 4.98 Å². The van der Waals surface area contributed by atoms with Gasteiger partial charge in [0.2, 0.25) is 0 Å². The summed E-state index contributed by atoms with van der Waals surface area (Å²) in [6.45, 7) is 3.08. The first-order valence-corrected chi connectivity index (χ1v) is 7.28. The topological polar surface area (TPSA) is 24.9 Å². The lowest BCUT2D eigenvalue weighted by Gasteiger charge is -2.05. The van der Waals surface area contributed by atoms with Gasteiger partial charge in [0.25, 0.3) is 0 Å². The van der Waals surface area contributed by atoms with Crippen molar-refractivity contribution in [1.29, 1.82) is 0 Å². The van der Waals surface area contributed by atoms with Crippen molar-refractivity contribution in [2.45, 2.75) is 13.3 Å². The summed E-state index contributed by atoms with van der Waals surface area (Å²) < 4.78 is 1.24. The van der Waals surface area contributed by atoms with Gasteiger partial charge < -0.3 is 5.32 Å². The van der Waals surface area contributed by atoms with E-state index in [1.54, 1.807) is 11.3 Å². The van der Waals surface area contributed by atoms with Gasteiger partial charge in [0.05, 0.1) is 10.2 Å². The Morgan fingerprint density at radius 3 is 2.68 bits per heavy atom. The molecule has 0 atom stereocenters. The SMILES string of the molecule is Cc1ccccc1CCNc1nc2ccccc2s1. The van der Waals surface area contributed by atoms with Crippen LogP contribution in [0.3, 0.4) is 0 Å². The Kier molecular flexibility index (Phi) is 3.47. The fraction of sp³-hybridized carbons (Fsp3) is 0.188. The average Bonchev–Trinajstić information content (AvgIpc) is 2.83. The first-order valence-electron chi connectivity index (χ1n) is 6.47.